The number of hydrazone groups is 1. The van der Waals surface area contributed by atoms with Crippen molar-refractivity contribution in [1.82, 2.24) is 10.7 Å². The fourth-order valence-corrected chi connectivity index (χ4v) is 2.27. The Labute approximate surface area is 135 Å². The molecule has 0 aliphatic carbocycles. The molecule has 2 amide bonds. The van der Waals surface area contributed by atoms with Crippen molar-refractivity contribution in [3.8, 4) is 0 Å². The SMILES string of the molecule is O=C(CNC(=O)c1cccs1)NN=Cc1ccccc1[N+](=O)[O-]. The first kappa shape index (κ1) is 16.3. The molecule has 9 heteroatoms. The number of nitro groups is 1. The molecule has 2 aromatic rings. The molecule has 0 aliphatic heterocycles. The van der Waals surface area contributed by atoms with Crippen molar-refractivity contribution in [1.29, 1.82) is 0 Å². The number of para-hydroxylation sites is 1. The molecule has 2 rings (SSSR count). The second-order valence-electron chi connectivity index (χ2n) is 4.27. The number of hydrogen-bond donors (Lipinski definition) is 2. The number of carbonyl (C=O) groups is 2. The smallest absolute Gasteiger partial charge is 0.278 e. The molecule has 118 valence electrons. The number of rotatable bonds is 6. The zero-order valence-electron chi connectivity index (χ0n) is 11.8. The number of nitrogens with one attached hydrogen (secondary N) is 2. The molecular weight excluding hydrogens is 320 g/mol. The number of thiophene rings is 1. The highest BCUT2D eigenvalue weighted by molar-refractivity contribution is 7.12. The van der Waals surface area contributed by atoms with Crippen LogP contribution >= 0.6 is 11.3 Å². The van der Waals surface area contributed by atoms with E-state index in [1.165, 1.54) is 35.8 Å². The molecule has 0 unspecified atom stereocenters. The third-order valence-corrected chi connectivity index (χ3v) is 3.55. The fourth-order valence-electron chi connectivity index (χ4n) is 1.63. The number of nitrogens with zero attached hydrogens (tertiary/aromatic N) is 2. The van der Waals surface area contributed by atoms with E-state index in [9.17, 15) is 19.7 Å². The number of amides is 2. The zero-order chi connectivity index (χ0) is 16.7. The van der Waals surface area contributed by atoms with Gasteiger partial charge in [-0.2, -0.15) is 5.10 Å². The molecule has 0 saturated carbocycles. The molecule has 0 atom stereocenters. The van der Waals surface area contributed by atoms with Crippen LogP contribution in [-0.4, -0.2) is 29.5 Å². The first-order chi connectivity index (χ1) is 11.1. The summed E-state index contributed by atoms with van der Waals surface area (Å²) in [4.78, 5) is 34.0. The highest BCUT2D eigenvalue weighted by Gasteiger charge is 2.10. The first-order valence-electron chi connectivity index (χ1n) is 6.45. The van der Waals surface area contributed by atoms with Gasteiger partial charge in [0.15, 0.2) is 0 Å². The minimum absolute atomic E-state index is 0.114. The minimum Gasteiger partial charge on any atom is -0.342 e. The summed E-state index contributed by atoms with van der Waals surface area (Å²) >= 11 is 1.26. The summed E-state index contributed by atoms with van der Waals surface area (Å²) in [5, 5.41) is 18.7. The average molecular weight is 332 g/mol. The Hall–Kier alpha value is -3.07. The molecule has 0 aliphatic rings. The van der Waals surface area contributed by atoms with Crippen molar-refractivity contribution < 1.29 is 14.5 Å². The lowest BCUT2D eigenvalue weighted by Crippen LogP contribution is -2.34. The van der Waals surface area contributed by atoms with E-state index in [4.69, 9.17) is 0 Å². The largest absolute Gasteiger partial charge is 0.342 e. The Kier molecular flexibility index (Phi) is 5.53. The monoisotopic (exact) mass is 332 g/mol. The Bertz CT molecular complexity index is 743. The summed E-state index contributed by atoms with van der Waals surface area (Å²) in [7, 11) is 0. The normalized spacial score (nSPS) is 10.4. The van der Waals surface area contributed by atoms with Gasteiger partial charge in [0.2, 0.25) is 0 Å². The molecular formula is C14H12N4O4S. The van der Waals surface area contributed by atoms with Crippen LogP contribution in [0.25, 0.3) is 0 Å². The molecule has 0 bridgehead atoms. The van der Waals surface area contributed by atoms with E-state index in [-0.39, 0.29) is 23.7 Å². The zero-order valence-corrected chi connectivity index (χ0v) is 12.6. The third-order valence-electron chi connectivity index (χ3n) is 2.68. The van der Waals surface area contributed by atoms with E-state index in [1.807, 2.05) is 0 Å². The van der Waals surface area contributed by atoms with Gasteiger partial charge in [-0.05, 0) is 17.5 Å². The Morgan fingerprint density at radius 2 is 2.04 bits per heavy atom. The second-order valence-corrected chi connectivity index (χ2v) is 5.22. The van der Waals surface area contributed by atoms with Crippen LogP contribution in [0, 0.1) is 10.1 Å². The minimum atomic E-state index is -0.537. The second kappa shape index (κ2) is 7.80. The lowest BCUT2D eigenvalue weighted by molar-refractivity contribution is -0.385. The standard InChI is InChI=1S/C14H12N4O4S/c19-13(9-15-14(20)12-6-3-7-23-12)17-16-8-10-4-1-2-5-11(10)18(21)22/h1-8H,9H2,(H,15,20)(H,17,19). The van der Waals surface area contributed by atoms with Crippen molar-refractivity contribution in [2.24, 2.45) is 5.10 Å². The number of benzene rings is 1. The van der Waals surface area contributed by atoms with Crippen LogP contribution in [0.4, 0.5) is 5.69 Å². The van der Waals surface area contributed by atoms with Crippen LogP contribution in [-0.2, 0) is 4.79 Å². The first-order valence-corrected chi connectivity index (χ1v) is 7.33. The summed E-state index contributed by atoms with van der Waals surface area (Å²) in [6.45, 7) is -0.245. The lowest BCUT2D eigenvalue weighted by Gasteiger charge is -2.02. The van der Waals surface area contributed by atoms with E-state index in [2.05, 4.69) is 15.8 Å². The summed E-state index contributed by atoms with van der Waals surface area (Å²) in [6.07, 6.45) is 1.18. The maximum atomic E-state index is 11.6. The molecule has 0 radical (unpaired) electrons. The van der Waals surface area contributed by atoms with Crippen LogP contribution in [0.3, 0.4) is 0 Å². The third kappa shape index (κ3) is 4.71. The molecule has 0 fully saturated rings. The van der Waals surface area contributed by atoms with Crippen LogP contribution in [0.2, 0.25) is 0 Å². The van der Waals surface area contributed by atoms with E-state index >= 15 is 0 Å². The van der Waals surface area contributed by atoms with E-state index in [0.717, 1.165) is 0 Å². The van der Waals surface area contributed by atoms with Gasteiger partial charge in [0.1, 0.15) is 0 Å². The highest BCUT2D eigenvalue weighted by atomic mass is 32.1. The molecule has 1 aromatic heterocycles. The molecule has 2 N–H and O–H groups in total. The van der Waals surface area contributed by atoms with E-state index < -0.39 is 10.8 Å². The van der Waals surface area contributed by atoms with Gasteiger partial charge in [0.05, 0.1) is 28.1 Å². The average Bonchev–Trinajstić information content (AvgIpc) is 3.07. The van der Waals surface area contributed by atoms with Gasteiger partial charge in [-0.25, -0.2) is 5.43 Å². The van der Waals surface area contributed by atoms with Crippen molar-refractivity contribution in [2.75, 3.05) is 6.54 Å². The Balaban J connectivity index is 1.85. The molecule has 1 aromatic carbocycles. The maximum Gasteiger partial charge on any atom is 0.278 e. The number of carbonyl (C=O) groups excluding carboxylic acids is 2. The Morgan fingerprint density at radius 1 is 1.26 bits per heavy atom. The van der Waals surface area contributed by atoms with E-state index in [1.54, 1.807) is 23.6 Å². The van der Waals surface area contributed by atoms with Gasteiger partial charge in [0, 0.05) is 6.07 Å². The summed E-state index contributed by atoms with van der Waals surface area (Å²) < 4.78 is 0. The van der Waals surface area contributed by atoms with Crippen LogP contribution in [0.1, 0.15) is 15.2 Å². The molecule has 23 heavy (non-hydrogen) atoms. The lowest BCUT2D eigenvalue weighted by atomic mass is 10.2. The van der Waals surface area contributed by atoms with Crippen molar-refractivity contribution in [3.05, 3.63) is 62.3 Å². The van der Waals surface area contributed by atoms with Crippen molar-refractivity contribution in [2.45, 2.75) is 0 Å². The number of hydrogen-bond acceptors (Lipinski definition) is 6. The molecule has 0 spiro atoms. The topological polar surface area (TPSA) is 114 Å². The predicted octanol–water partition coefficient (Wildman–Crippen LogP) is 1.54. The van der Waals surface area contributed by atoms with Gasteiger partial charge in [-0.3, -0.25) is 19.7 Å². The van der Waals surface area contributed by atoms with Gasteiger partial charge in [-0.15, -0.1) is 11.3 Å². The number of nitro benzene ring substituents is 1. The fraction of sp³-hybridized carbons (Fsp3) is 0.0714. The van der Waals surface area contributed by atoms with Gasteiger partial charge >= 0.3 is 0 Å². The highest BCUT2D eigenvalue weighted by Crippen LogP contribution is 2.14. The van der Waals surface area contributed by atoms with Crippen LogP contribution in [0.15, 0.2) is 46.9 Å². The maximum absolute atomic E-state index is 11.6. The molecule has 0 saturated heterocycles. The molecule has 1 heterocycles. The van der Waals surface area contributed by atoms with Gasteiger partial charge in [0.25, 0.3) is 17.5 Å². The summed E-state index contributed by atoms with van der Waals surface area (Å²) in [6, 6.07) is 9.38. The Morgan fingerprint density at radius 3 is 2.74 bits per heavy atom. The molecule has 8 nitrogen and oxygen atoms in total. The summed E-state index contributed by atoms with van der Waals surface area (Å²) in [5.74, 6) is -0.887. The summed E-state index contributed by atoms with van der Waals surface area (Å²) in [5.41, 5.74) is 2.34. The van der Waals surface area contributed by atoms with Crippen LogP contribution in [0.5, 0.6) is 0 Å². The van der Waals surface area contributed by atoms with Gasteiger partial charge < -0.3 is 5.32 Å². The quantitative estimate of drug-likeness (QED) is 0.474. The van der Waals surface area contributed by atoms with Crippen molar-refractivity contribution in [3.63, 3.8) is 0 Å². The van der Waals surface area contributed by atoms with E-state index in [0.29, 0.717) is 4.88 Å². The predicted molar refractivity (Wildman–Crippen MR) is 85.5 cm³/mol. The van der Waals surface area contributed by atoms with Crippen molar-refractivity contribution >= 4 is 35.1 Å². The van der Waals surface area contributed by atoms with Gasteiger partial charge in [-0.1, -0.05) is 18.2 Å². The van der Waals surface area contributed by atoms with Crippen LogP contribution < -0.4 is 10.7 Å².